The Hall–Kier alpha value is -3.46. The number of esters is 1. The van der Waals surface area contributed by atoms with E-state index < -0.39 is 35.0 Å². The van der Waals surface area contributed by atoms with E-state index in [0.29, 0.717) is 18.6 Å². The van der Waals surface area contributed by atoms with Gasteiger partial charge >= 0.3 is 5.97 Å². The van der Waals surface area contributed by atoms with Crippen LogP contribution in [0.2, 0.25) is 0 Å². The van der Waals surface area contributed by atoms with E-state index in [1.807, 2.05) is 52.0 Å². The monoisotopic (exact) mass is 613 g/mol. The number of carbonyl (C=O) groups is 3. The fraction of sp³-hybridized carbons (Fsp3) is 0.419. The molecule has 3 aromatic rings. The lowest BCUT2D eigenvalue weighted by atomic mass is 9.85. The van der Waals surface area contributed by atoms with Crippen LogP contribution >= 0.6 is 15.9 Å². The summed E-state index contributed by atoms with van der Waals surface area (Å²) >= 11 is 3.40. The number of rotatable bonds is 13. The summed E-state index contributed by atoms with van der Waals surface area (Å²) in [4.78, 5) is 52.0. The molecule has 0 aliphatic rings. The van der Waals surface area contributed by atoms with Gasteiger partial charge in [0.25, 0.3) is 0 Å². The van der Waals surface area contributed by atoms with Gasteiger partial charge in [-0.1, -0.05) is 68.2 Å². The maximum Gasteiger partial charge on any atom is 0.328 e. The number of hydrogen-bond acceptors (Lipinski definition) is 7. The van der Waals surface area contributed by atoms with Crippen LogP contribution in [0.1, 0.15) is 63.1 Å². The largest absolute Gasteiger partial charge is 0.488 e. The molecule has 1 amide bonds. The molecule has 0 aliphatic heterocycles. The van der Waals surface area contributed by atoms with Gasteiger partial charge in [0.1, 0.15) is 29.4 Å². The van der Waals surface area contributed by atoms with Crippen LogP contribution in [-0.4, -0.2) is 30.8 Å². The fourth-order valence-electron chi connectivity index (χ4n) is 4.42. The number of ether oxygens (including phenoxy) is 2. The number of Topliss-reactive ketones (excluding diaryl/α,β-unsaturated/α-hetero) is 1. The van der Waals surface area contributed by atoms with Crippen LogP contribution in [0, 0.1) is 17.8 Å². The van der Waals surface area contributed by atoms with Crippen LogP contribution in [0.3, 0.4) is 0 Å². The van der Waals surface area contributed by atoms with Crippen molar-refractivity contribution < 1.29 is 28.3 Å². The Balaban J connectivity index is 1.82. The molecule has 8 nitrogen and oxygen atoms in total. The number of nitrogens with one attached hydrogen (secondary N) is 1. The van der Waals surface area contributed by atoms with E-state index in [1.54, 1.807) is 18.2 Å². The van der Waals surface area contributed by atoms with Gasteiger partial charge in [-0.05, 0) is 48.1 Å². The van der Waals surface area contributed by atoms with Crippen LogP contribution in [0.25, 0.3) is 11.0 Å². The molecule has 0 aliphatic carbocycles. The van der Waals surface area contributed by atoms with Crippen molar-refractivity contribution in [3.05, 3.63) is 74.6 Å². The third kappa shape index (κ3) is 8.03. The van der Waals surface area contributed by atoms with E-state index >= 15 is 0 Å². The van der Waals surface area contributed by atoms with Gasteiger partial charge in [0.15, 0.2) is 17.0 Å². The first-order valence-electron chi connectivity index (χ1n) is 13.4. The molecule has 40 heavy (non-hydrogen) atoms. The highest BCUT2D eigenvalue weighted by Gasteiger charge is 2.32. The molecule has 0 radical (unpaired) electrons. The number of fused-ring (bicyclic) bond motifs is 1. The molecule has 0 bridgehead atoms. The molecule has 1 heterocycles. The molecule has 1 aromatic heterocycles. The lowest BCUT2D eigenvalue weighted by Crippen LogP contribution is -2.46. The Morgan fingerprint density at radius 1 is 1.05 bits per heavy atom. The van der Waals surface area contributed by atoms with Gasteiger partial charge in [0.05, 0.1) is 7.11 Å². The Kier molecular flexibility index (Phi) is 11.1. The summed E-state index contributed by atoms with van der Waals surface area (Å²) in [5.41, 5.74) is 0.730. The van der Waals surface area contributed by atoms with Crippen molar-refractivity contribution >= 4 is 44.6 Å². The standard InChI is InChI=1S/C31H36BrNO7/c1-6-19(4)22(30(36)33-23(14-18(2)3)31(37)38-5)15-24(34)28-16-25(35)29-26(8-7-9-27(29)40-28)39-17-20-10-12-21(32)13-11-20/h7-13,16,18-19,22-23H,6,14-15,17H2,1-5H3,(H,33,36)/t19?,22-,23-/m0/s1. The molecule has 3 rings (SSSR count). The lowest BCUT2D eigenvalue weighted by Gasteiger charge is -2.25. The first kappa shape index (κ1) is 31.1. The Morgan fingerprint density at radius 3 is 2.38 bits per heavy atom. The van der Waals surface area contributed by atoms with E-state index in [9.17, 15) is 19.2 Å². The van der Waals surface area contributed by atoms with Crippen LogP contribution in [-0.2, 0) is 20.9 Å². The smallest absolute Gasteiger partial charge is 0.328 e. The van der Waals surface area contributed by atoms with Crippen molar-refractivity contribution in [2.24, 2.45) is 17.8 Å². The summed E-state index contributed by atoms with van der Waals surface area (Å²) in [6.45, 7) is 7.93. The molecule has 2 aromatic carbocycles. The molecule has 3 atom stereocenters. The normalized spacial score (nSPS) is 13.5. The Bertz CT molecular complexity index is 1400. The zero-order valence-electron chi connectivity index (χ0n) is 23.5. The molecule has 1 N–H and O–H groups in total. The van der Waals surface area contributed by atoms with Gasteiger partial charge in [-0.25, -0.2) is 4.79 Å². The van der Waals surface area contributed by atoms with E-state index in [0.717, 1.165) is 16.1 Å². The van der Waals surface area contributed by atoms with Gasteiger partial charge in [-0.3, -0.25) is 14.4 Å². The summed E-state index contributed by atoms with van der Waals surface area (Å²) in [5, 5.41) is 3.01. The Labute approximate surface area is 242 Å². The van der Waals surface area contributed by atoms with E-state index in [2.05, 4.69) is 21.2 Å². The third-order valence-electron chi connectivity index (χ3n) is 6.88. The van der Waals surface area contributed by atoms with E-state index in [1.165, 1.54) is 7.11 Å². The van der Waals surface area contributed by atoms with Gasteiger partial charge < -0.3 is 19.2 Å². The number of hydrogen-bond donors (Lipinski definition) is 1. The number of carbonyl (C=O) groups excluding carboxylic acids is 3. The fourth-order valence-corrected chi connectivity index (χ4v) is 4.69. The van der Waals surface area contributed by atoms with Crippen molar-refractivity contribution in [1.82, 2.24) is 5.32 Å². The topological polar surface area (TPSA) is 112 Å². The SMILES string of the molecule is CCC(C)[C@H](CC(=O)c1cc(=O)c2c(OCc3ccc(Br)cc3)cccc2o1)C(=O)N[C@@H](CC(C)C)C(=O)OC. The van der Waals surface area contributed by atoms with Gasteiger partial charge in [0, 0.05) is 22.9 Å². The first-order valence-corrected chi connectivity index (χ1v) is 14.2. The summed E-state index contributed by atoms with van der Waals surface area (Å²) in [5.74, 6) is -1.94. The molecule has 0 saturated heterocycles. The van der Waals surface area contributed by atoms with Crippen LogP contribution < -0.4 is 15.5 Å². The Morgan fingerprint density at radius 2 is 1.75 bits per heavy atom. The molecular formula is C31H36BrNO7. The average Bonchev–Trinajstić information content (AvgIpc) is 2.93. The van der Waals surface area contributed by atoms with E-state index in [-0.39, 0.29) is 41.6 Å². The van der Waals surface area contributed by atoms with Crippen LogP contribution in [0.15, 0.2) is 62.2 Å². The summed E-state index contributed by atoms with van der Waals surface area (Å²) in [7, 11) is 1.27. The average molecular weight is 615 g/mol. The summed E-state index contributed by atoms with van der Waals surface area (Å²) < 4.78 is 17.6. The van der Waals surface area contributed by atoms with E-state index in [4.69, 9.17) is 13.9 Å². The third-order valence-corrected chi connectivity index (χ3v) is 7.41. The maximum atomic E-state index is 13.3. The minimum Gasteiger partial charge on any atom is -0.488 e. The number of benzene rings is 2. The number of amides is 1. The second-order valence-electron chi connectivity index (χ2n) is 10.4. The zero-order chi connectivity index (χ0) is 29.4. The zero-order valence-corrected chi connectivity index (χ0v) is 25.1. The number of halogens is 1. The van der Waals surface area contributed by atoms with Gasteiger partial charge in [0.2, 0.25) is 5.91 Å². The predicted octanol–water partition coefficient (Wildman–Crippen LogP) is 6.07. The molecule has 9 heteroatoms. The molecule has 214 valence electrons. The van der Waals surface area contributed by atoms with Crippen molar-refractivity contribution in [1.29, 1.82) is 0 Å². The highest BCUT2D eigenvalue weighted by atomic mass is 79.9. The van der Waals surface area contributed by atoms with Crippen LogP contribution in [0.4, 0.5) is 0 Å². The molecule has 0 spiro atoms. The first-order chi connectivity index (χ1) is 19.0. The molecular weight excluding hydrogens is 578 g/mol. The highest BCUT2D eigenvalue weighted by molar-refractivity contribution is 9.10. The summed E-state index contributed by atoms with van der Waals surface area (Å²) in [6.07, 6.45) is 0.870. The lowest BCUT2D eigenvalue weighted by molar-refractivity contribution is -0.146. The maximum absolute atomic E-state index is 13.3. The highest BCUT2D eigenvalue weighted by Crippen LogP contribution is 2.27. The van der Waals surface area contributed by atoms with Crippen molar-refractivity contribution in [2.45, 2.75) is 59.6 Å². The summed E-state index contributed by atoms with van der Waals surface area (Å²) in [6, 6.07) is 12.9. The predicted molar refractivity (Wildman–Crippen MR) is 156 cm³/mol. The van der Waals surface area contributed by atoms with Gasteiger partial charge in [-0.2, -0.15) is 0 Å². The second-order valence-corrected chi connectivity index (χ2v) is 11.3. The van der Waals surface area contributed by atoms with Crippen LogP contribution in [0.5, 0.6) is 5.75 Å². The van der Waals surface area contributed by atoms with Crippen molar-refractivity contribution in [3.8, 4) is 5.75 Å². The molecule has 1 unspecified atom stereocenters. The van der Waals surface area contributed by atoms with Crippen molar-refractivity contribution in [3.63, 3.8) is 0 Å². The number of ketones is 1. The molecule has 0 saturated carbocycles. The van der Waals surface area contributed by atoms with Crippen molar-refractivity contribution in [2.75, 3.05) is 7.11 Å². The minimum atomic E-state index is -0.811. The minimum absolute atomic E-state index is 0.129. The molecule has 0 fully saturated rings. The van der Waals surface area contributed by atoms with Gasteiger partial charge in [-0.15, -0.1) is 0 Å². The number of methoxy groups -OCH3 is 1. The second kappa shape index (κ2) is 14.3. The quantitative estimate of drug-likeness (QED) is 0.184.